The Labute approximate surface area is 160 Å². The van der Waals surface area contributed by atoms with Crippen LogP contribution in [-0.2, 0) is 28.8 Å². The van der Waals surface area contributed by atoms with E-state index in [0.717, 1.165) is 16.9 Å². The van der Waals surface area contributed by atoms with E-state index in [2.05, 4.69) is 0 Å². The maximum atomic E-state index is 12.3. The van der Waals surface area contributed by atoms with Crippen LogP contribution in [0, 0.1) is 5.92 Å². The molecular formula is C20H18N2O6. The van der Waals surface area contributed by atoms with Crippen molar-refractivity contribution >= 4 is 35.3 Å². The lowest BCUT2D eigenvalue weighted by Gasteiger charge is -2.17. The van der Waals surface area contributed by atoms with Crippen molar-refractivity contribution in [3.63, 3.8) is 0 Å². The van der Waals surface area contributed by atoms with Crippen LogP contribution in [0.1, 0.15) is 43.6 Å². The first-order chi connectivity index (χ1) is 13.4. The van der Waals surface area contributed by atoms with Gasteiger partial charge in [0.15, 0.2) is 0 Å². The van der Waals surface area contributed by atoms with Crippen LogP contribution >= 0.6 is 0 Å². The van der Waals surface area contributed by atoms with Crippen LogP contribution in [0.25, 0.3) is 0 Å². The zero-order chi connectivity index (χ0) is 19.8. The number of hydrogen-bond acceptors (Lipinski definition) is 6. The Kier molecular flexibility index (Phi) is 4.54. The SMILES string of the molecule is O=C(ON1C(=O)CCC1=O)C1CCC(c2ccc(N3C(=O)C=CC3=O)cc2)C1. The first kappa shape index (κ1) is 18.1. The summed E-state index contributed by atoms with van der Waals surface area (Å²) in [7, 11) is 0. The van der Waals surface area contributed by atoms with Gasteiger partial charge in [0.1, 0.15) is 0 Å². The maximum absolute atomic E-state index is 12.3. The van der Waals surface area contributed by atoms with E-state index in [1.54, 1.807) is 12.1 Å². The van der Waals surface area contributed by atoms with Crippen molar-refractivity contribution in [3.8, 4) is 0 Å². The Morgan fingerprint density at radius 1 is 0.893 bits per heavy atom. The van der Waals surface area contributed by atoms with Crippen LogP contribution in [0.3, 0.4) is 0 Å². The predicted molar refractivity (Wildman–Crippen MR) is 95.3 cm³/mol. The number of carbonyl (C=O) groups excluding carboxylic acids is 5. The van der Waals surface area contributed by atoms with Gasteiger partial charge in [-0.15, -0.1) is 5.06 Å². The number of carbonyl (C=O) groups is 5. The fraction of sp³-hybridized carbons (Fsp3) is 0.350. The third kappa shape index (κ3) is 3.21. The summed E-state index contributed by atoms with van der Waals surface area (Å²) < 4.78 is 0. The molecular weight excluding hydrogens is 364 g/mol. The molecule has 1 aliphatic carbocycles. The Morgan fingerprint density at radius 3 is 2.11 bits per heavy atom. The van der Waals surface area contributed by atoms with Gasteiger partial charge in [-0.3, -0.25) is 19.2 Å². The van der Waals surface area contributed by atoms with Crippen molar-refractivity contribution in [3.05, 3.63) is 42.0 Å². The number of hydroxylamine groups is 2. The van der Waals surface area contributed by atoms with Gasteiger partial charge in [-0.2, -0.15) is 0 Å². The van der Waals surface area contributed by atoms with Crippen molar-refractivity contribution in [1.82, 2.24) is 5.06 Å². The highest BCUT2D eigenvalue weighted by Crippen LogP contribution is 2.39. The smallest absolute Gasteiger partial charge is 0.330 e. The van der Waals surface area contributed by atoms with Crippen molar-refractivity contribution < 1.29 is 28.8 Å². The fourth-order valence-electron chi connectivity index (χ4n) is 3.87. The van der Waals surface area contributed by atoms with E-state index < -0.39 is 17.8 Å². The van der Waals surface area contributed by atoms with Crippen molar-refractivity contribution in [2.75, 3.05) is 4.90 Å². The summed E-state index contributed by atoms with van der Waals surface area (Å²) in [6.45, 7) is 0. The molecule has 0 radical (unpaired) electrons. The second kappa shape index (κ2) is 7.03. The molecule has 2 unspecified atom stereocenters. The van der Waals surface area contributed by atoms with Gasteiger partial charge in [0, 0.05) is 25.0 Å². The van der Waals surface area contributed by atoms with E-state index in [9.17, 15) is 24.0 Å². The van der Waals surface area contributed by atoms with Crippen molar-refractivity contribution in [2.45, 2.75) is 38.0 Å². The molecule has 4 rings (SSSR count). The third-order valence-corrected chi connectivity index (χ3v) is 5.38. The van der Waals surface area contributed by atoms with Gasteiger partial charge in [-0.25, -0.2) is 9.69 Å². The van der Waals surface area contributed by atoms with E-state index in [1.165, 1.54) is 12.2 Å². The minimum absolute atomic E-state index is 0.0727. The second-order valence-corrected chi connectivity index (χ2v) is 7.14. The Hall–Kier alpha value is -3.29. The third-order valence-electron chi connectivity index (χ3n) is 5.38. The lowest BCUT2D eigenvalue weighted by Crippen LogP contribution is -2.34. The molecule has 0 spiro atoms. The Balaban J connectivity index is 1.38. The molecule has 0 N–H and O–H groups in total. The summed E-state index contributed by atoms with van der Waals surface area (Å²) in [4.78, 5) is 65.1. The highest BCUT2D eigenvalue weighted by Gasteiger charge is 2.38. The van der Waals surface area contributed by atoms with Crippen LogP contribution in [0.2, 0.25) is 0 Å². The van der Waals surface area contributed by atoms with Crippen LogP contribution < -0.4 is 4.90 Å². The van der Waals surface area contributed by atoms with Crippen molar-refractivity contribution in [2.24, 2.45) is 5.92 Å². The molecule has 0 bridgehead atoms. The first-order valence-electron chi connectivity index (χ1n) is 9.17. The van der Waals surface area contributed by atoms with E-state index >= 15 is 0 Å². The second-order valence-electron chi connectivity index (χ2n) is 7.14. The highest BCUT2D eigenvalue weighted by molar-refractivity contribution is 6.28. The fourth-order valence-corrected chi connectivity index (χ4v) is 3.87. The Morgan fingerprint density at radius 2 is 1.50 bits per heavy atom. The van der Waals surface area contributed by atoms with E-state index in [4.69, 9.17) is 4.84 Å². The molecule has 2 atom stereocenters. The summed E-state index contributed by atoms with van der Waals surface area (Å²) >= 11 is 0. The van der Waals surface area contributed by atoms with Crippen LogP contribution in [0.5, 0.6) is 0 Å². The molecule has 1 saturated heterocycles. The quantitative estimate of drug-likeness (QED) is 0.734. The average Bonchev–Trinajstić information content (AvgIpc) is 3.38. The zero-order valence-electron chi connectivity index (χ0n) is 15.0. The molecule has 28 heavy (non-hydrogen) atoms. The molecule has 8 heteroatoms. The average molecular weight is 382 g/mol. The number of benzene rings is 1. The van der Waals surface area contributed by atoms with E-state index in [-0.39, 0.29) is 36.5 Å². The van der Waals surface area contributed by atoms with Gasteiger partial charge in [0.2, 0.25) is 0 Å². The van der Waals surface area contributed by atoms with Gasteiger partial charge in [0.05, 0.1) is 11.6 Å². The van der Waals surface area contributed by atoms with Gasteiger partial charge in [0.25, 0.3) is 23.6 Å². The first-order valence-corrected chi connectivity index (χ1v) is 9.17. The van der Waals surface area contributed by atoms with Gasteiger partial charge < -0.3 is 4.84 Å². The highest BCUT2D eigenvalue weighted by atomic mass is 16.7. The van der Waals surface area contributed by atoms with E-state index in [0.29, 0.717) is 23.6 Å². The van der Waals surface area contributed by atoms with Crippen LogP contribution in [0.4, 0.5) is 5.69 Å². The molecule has 8 nitrogen and oxygen atoms in total. The summed E-state index contributed by atoms with van der Waals surface area (Å²) in [5, 5.41) is 0.586. The summed E-state index contributed by atoms with van der Waals surface area (Å²) in [5.41, 5.74) is 1.50. The number of imide groups is 2. The molecule has 2 fully saturated rings. The zero-order valence-corrected chi connectivity index (χ0v) is 15.0. The van der Waals surface area contributed by atoms with Crippen LogP contribution in [-0.4, -0.2) is 34.7 Å². The summed E-state index contributed by atoms with van der Waals surface area (Å²) in [6, 6.07) is 7.12. The minimum Gasteiger partial charge on any atom is -0.330 e. The Bertz CT molecular complexity index is 870. The maximum Gasteiger partial charge on any atom is 0.336 e. The molecule has 4 amide bonds. The number of hydrogen-bond donors (Lipinski definition) is 0. The lowest BCUT2D eigenvalue weighted by molar-refractivity contribution is -0.200. The standard InChI is InChI=1S/C20H18N2O6/c23-16-7-8-17(24)21(16)15-5-3-12(4-6-15)13-1-2-14(11-13)20(27)28-22-18(25)9-10-19(22)26/h3-8,13-14H,1-2,9-11H2. The van der Waals surface area contributed by atoms with Crippen molar-refractivity contribution in [1.29, 1.82) is 0 Å². The molecule has 1 saturated carbocycles. The number of amides is 4. The topological polar surface area (TPSA) is 101 Å². The molecule has 2 aliphatic heterocycles. The summed E-state index contributed by atoms with van der Waals surface area (Å²) in [6.07, 6.45) is 4.54. The van der Waals surface area contributed by atoms with Gasteiger partial charge >= 0.3 is 5.97 Å². The normalized spacial score (nSPS) is 24.6. The van der Waals surface area contributed by atoms with Gasteiger partial charge in [-0.1, -0.05) is 12.1 Å². The monoisotopic (exact) mass is 382 g/mol. The van der Waals surface area contributed by atoms with Crippen LogP contribution in [0.15, 0.2) is 36.4 Å². The van der Waals surface area contributed by atoms with E-state index in [1.807, 2.05) is 12.1 Å². The number of anilines is 1. The van der Waals surface area contributed by atoms with Gasteiger partial charge in [-0.05, 0) is 42.9 Å². The molecule has 144 valence electrons. The molecule has 2 heterocycles. The number of nitrogens with zero attached hydrogens (tertiary/aromatic N) is 2. The molecule has 0 aromatic heterocycles. The number of rotatable bonds is 4. The molecule has 1 aromatic rings. The lowest BCUT2D eigenvalue weighted by atomic mass is 9.96. The molecule has 3 aliphatic rings. The predicted octanol–water partition coefficient (Wildman–Crippen LogP) is 1.61. The molecule has 1 aromatic carbocycles. The summed E-state index contributed by atoms with van der Waals surface area (Å²) in [5.74, 6) is -2.51. The largest absolute Gasteiger partial charge is 0.336 e. The minimum atomic E-state index is -0.554.